The van der Waals surface area contributed by atoms with E-state index >= 15 is 0 Å². The zero-order chi connectivity index (χ0) is 13.1. The van der Waals surface area contributed by atoms with Crippen molar-refractivity contribution in [3.8, 4) is 0 Å². The van der Waals surface area contributed by atoms with E-state index in [1.54, 1.807) is 0 Å². The summed E-state index contributed by atoms with van der Waals surface area (Å²) in [6.07, 6.45) is -1.73. The van der Waals surface area contributed by atoms with Gasteiger partial charge in [-0.3, -0.25) is 9.59 Å². The maximum Gasteiger partial charge on any atom is 0.334 e. The van der Waals surface area contributed by atoms with Gasteiger partial charge in [0.05, 0.1) is 5.92 Å². The Balaban J connectivity index is 5.49. The van der Waals surface area contributed by atoms with Gasteiger partial charge in [-0.1, -0.05) is 6.92 Å². The van der Waals surface area contributed by atoms with Crippen LogP contribution in [0.2, 0.25) is 0 Å². The maximum absolute atomic E-state index is 11.1. The van der Waals surface area contributed by atoms with Gasteiger partial charge in [0.2, 0.25) is 0 Å². The molecule has 0 heterocycles. The van der Waals surface area contributed by atoms with E-state index in [1.807, 2.05) is 0 Å². The molecule has 3 N–H and O–H groups in total. The maximum atomic E-state index is 11.1. The van der Waals surface area contributed by atoms with Crippen LogP contribution in [0.25, 0.3) is 0 Å². The topological polar surface area (TPSA) is 121 Å². The van der Waals surface area contributed by atoms with Gasteiger partial charge in [0.15, 0.2) is 6.10 Å². The lowest BCUT2D eigenvalue weighted by atomic mass is 9.73. The summed E-state index contributed by atoms with van der Waals surface area (Å²) in [4.78, 5) is 32.7. The van der Waals surface area contributed by atoms with Gasteiger partial charge in [-0.05, 0) is 6.92 Å². The molecule has 0 fully saturated rings. The van der Waals surface area contributed by atoms with Gasteiger partial charge in [-0.2, -0.15) is 0 Å². The minimum atomic E-state index is -2.04. The van der Waals surface area contributed by atoms with E-state index in [0.717, 1.165) is 21.0 Å². The highest BCUT2D eigenvalue weighted by Crippen LogP contribution is 2.34. The van der Waals surface area contributed by atoms with Crippen LogP contribution in [0.15, 0.2) is 0 Å². The Bertz CT molecular complexity index is 311. The molecular weight excluding hydrogens is 220 g/mol. The molecule has 0 radical (unpaired) electrons. The SMILES string of the molecule is COC(C(=O)O)C(C)(C(=O)O)C(C)C(=O)O. The second-order valence-electron chi connectivity index (χ2n) is 3.60. The highest BCUT2D eigenvalue weighted by atomic mass is 16.5. The molecule has 3 unspecified atom stereocenters. The number of ether oxygens (including phenoxy) is 1. The molecule has 7 nitrogen and oxygen atoms in total. The van der Waals surface area contributed by atoms with Crippen LogP contribution in [0.5, 0.6) is 0 Å². The van der Waals surface area contributed by atoms with Gasteiger partial charge in [-0.25, -0.2) is 4.79 Å². The third kappa shape index (κ3) is 2.30. The Morgan fingerprint density at radius 3 is 1.75 bits per heavy atom. The Kier molecular flexibility index (Phi) is 4.43. The van der Waals surface area contributed by atoms with E-state index < -0.39 is 35.3 Å². The molecule has 0 aliphatic rings. The van der Waals surface area contributed by atoms with Gasteiger partial charge < -0.3 is 20.1 Å². The highest BCUT2D eigenvalue weighted by molar-refractivity contribution is 5.89. The van der Waals surface area contributed by atoms with E-state index in [0.29, 0.717) is 0 Å². The average molecular weight is 234 g/mol. The van der Waals surface area contributed by atoms with E-state index in [2.05, 4.69) is 4.74 Å². The second-order valence-corrected chi connectivity index (χ2v) is 3.60. The first-order valence-corrected chi connectivity index (χ1v) is 4.41. The van der Waals surface area contributed by atoms with Crippen molar-refractivity contribution in [3.05, 3.63) is 0 Å². The fourth-order valence-electron chi connectivity index (χ4n) is 1.38. The summed E-state index contributed by atoms with van der Waals surface area (Å²) < 4.78 is 4.57. The van der Waals surface area contributed by atoms with Crippen LogP contribution in [0.3, 0.4) is 0 Å². The third-order valence-corrected chi connectivity index (χ3v) is 2.74. The summed E-state index contributed by atoms with van der Waals surface area (Å²) in [5.41, 5.74) is -2.04. The van der Waals surface area contributed by atoms with E-state index in [-0.39, 0.29) is 0 Å². The van der Waals surface area contributed by atoms with Crippen molar-refractivity contribution in [2.24, 2.45) is 11.3 Å². The van der Waals surface area contributed by atoms with Crippen LogP contribution in [-0.4, -0.2) is 46.4 Å². The van der Waals surface area contributed by atoms with E-state index in [1.165, 1.54) is 0 Å². The number of hydrogen-bond acceptors (Lipinski definition) is 4. The quantitative estimate of drug-likeness (QED) is 0.586. The van der Waals surface area contributed by atoms with Gasteiger partial charge in [0.1, 0.15) is 5.41 Å². The average Bonchev–Trinajstić information content (AvgIpc) is 2.16. The Morgan fingerprint density at radius 2 is 1.56 bits per heavy atom. The zero-order valence-corrected chi connectivity index (χ0v) is 9.13. The zero-order valence-electron chi connectivity index (χ0n) is 9.13. The van der Waals surface area contributed by atoms with E-state index in [9.17, 15) is 14.4 Å². The van der Waals surface area contributed by atoms with Gasteiger partial charge >= 0.3 is 17.9 Å². The van der Waals surface area contributed by atoms with E-state index in [4.69, 9.17) is 15.3 Å². The number of hydrogen-bond donors (Lipinski definition) is 3. The second kappa shape index (κ2) is 4.93. The molecule has 0 aliphatic heterocycles. The lowest BCUT2D eigenvalue weighted by molar-refractivity contribution is -0.181. The predicted octanol–water partition coefficient (Wildman–Crippen LogP) is -0.102. The Morgan fingerprint density at radius 1 is 1.12 bits per heavy atom. The molecule has 0 aliphatic carbocycles. The Labute approximate surface area is 91.6 Å². The summed E-state index contributed by atoms with van der Waals surface area (Å²) in [5, 5.41) is 26.6. The first kappa shape index (κ1) is 14.4. The predicted molar refractivity (Wildman–Crippen MR) is 51.0 cm³/mol. The minimum absolute atomic E-state index is 1.02. The first-order valence-electron chi connectivity index (χ1n) is 4.41. The molecule has 0 aromatic heterocycles. The largest absolute Gasteiger partial charge is 0.481 e. The van der Waals surface area contributed by atoms with Crippen molar-refractivity contribution in [2.45, 2.75) is 20.0 Å². The third-order valence-electron chi connectivity index (χ3n) is 2.74. The normalized spacial score (nSPS) is 18.2. The number of rotatable bonds is 6. The Hall–Kier alpha value is -1.63. The van der Waals surface area contributed by atoms with Crippen molar-refractivity contribution in [1.29, 1.82) is 0 Å². The molecule has 0 aromatic rings. The minimum Gasteiger partial charge on any atom is -0.481 e. The van der Waals surface area contributed by atoms with Crippen LogP contribution in [-0.2, 0) is 19.1 Å². The molecular formula is C9H14O7. The number of methoxy groups -OCH3 is 1. The van der Waals surface area contributed by atoms with Crippen molar-refractivity contribution < 1.29 is 34.4 Å². The summed E-state index contributed by atoms with van der Waals surface area (Å²) in [6, 6.07) is 0. The van der Waals surface area contributed by atoms with Crippen molar-refractivity contribution in [3.63, 3.8) is 0 Å². The lowest BCUT2D eigenvalue weighted by Gasteiger charge is -2.33. The number of carboxylic acids is 3. The smallest absolute Gasteiger partial charge is 0.334 e. The van der Waals surface area contributed by atoms with Crippen LogP contribution in [0.4, 0.5) is 0 Å². The first-order chi connectivity index (χ1) is 7.19. The molecule has 7 heteroatoms. The van der Waals surface area contributed by atoms with Gasteiger partial charge in [0.25, 0.3) is 0 Å². The number of carbonyl (C=O) groups is 3. The molecule has 92 valence electrons. The van der Waals surface area contributed by atoms with Crippen molar-refractivity contribution >= 4 is 17.9 Å². The number of carboxylic acid groups (broad SMARTS) is 3. The van der Waals surface area contributed by atoms with Crippen LogP contribution < -0.4 is 0 Å². The molecule has 0 aromatic carbocycles. The molecule has 16 heavy (non-hydrogen) atoms. The fourth-order valence-corrected chi connectivity index (χ4v) is 1.38. The molecule has 0 rings (SSSR count). The fraction of sp³-hybridized carbons (Fsp3) is 0.667. The van der Waals surface area contributed by atoms with Crippen LogP contribution in [0, 0.1) is 11.3 Å². The summed E-state index contributed by atoms with van der Waals surface area (Å²) in [6.45, 7) is 2.17. The summed E-state index contributed by atoms with van der Waals surface area (Å²) in [7, 11) is 1.02. The molecule has 0 amide bonds. The molecule has 0 bridgehead atoms. The highest BCUT2D eigenvalue weighted by Gasteiger charge is 2.53. The summed E-state index contributed by atoms with van der Waals surface area (Å²) in [5.74, 6) is -5.84. The molecule has 0 spiro atoms. The molecule has 3 atom stereocenters. The molecule has 0 saturated carbocycles. The standard InChI is InChI=1S/C9H14O7/c1-4(6(10)11)9(2,8(14)15)5(16-3)7(12)13/h4-5H,1-3H3,(H,10,11)(H,12,13)(H,14,15). The monoisotopic (exact) mass is 234 g/mol. The van der Waals surface area contributed by atoms with Crippen molar-refractivity contribution in [2.75, 3.05) is 7.11 Å². The van der Waals surface area contributed by atoms with Crippen LogP contribution in [0.1, 0.15) is 13.8 Å². The van der Waals surface area contributed by atoms with Gasteiger partial charge in [-0.15, -0.1) is 0 Å². The number of aliphatic carboxylic acids is 3. The molecule has 0 saturated heterocycles. The van der Waals surface area contributed by atoms with Crippen LogP contribution >= 0.6 is 0 Å². The van der Waals surface area contributed by atoms with Gasteiger partial charge in [0, 0.05) is 7.11 Å². The van der Waals surface area contributed by atoms with Crippen molar-refractivity contribution in [1.82, 2.24) is 0 Å². The lowest BCUT2D eigenvalue weighted by Crippen LogP contribution is -2.52. The summed E-state index contributed by atoms with van der Waals surface area (Å²) >= 11 is 0.